The Morgan fingerprint density at radius 1 is 1.62 bits per heavy atom. The summed E-state index contributed by atoms with van der Waals surface area (Å²) >= 11 is 3.41. The first-order valence-electron chi connectivity index (χ1n) is 5.20. The minimum Gasteiger partial charge on any atom is -0.338 e. The first-order valence-corrected chi connectivity index (χ1v) is 7.93. The predicted octanol–water partition coefficient (Wildman–Crippen LogP) is 1.82. The molecule has 2 atom stereocenters. The van der Waals surface area contributed by atoms with Gasteiger partial charge in [0.05, 0.1) is 16.3 Å². The molecule has 2 heterocycles. The van der Waals surface area contributed by atoms with Gasteiger partial charge < -0.3 is 4.52 Å². The first-order chi connectivity index (χ1) is 7.52. The number of halogens is 1. The molecule has 1 saturated heterocycles. The molecule has 16 heavy (non-hydrogen) atoms. The van der Waals surface area contributed by atoms with Gasteiger partial charge in [0.2, 0.25) is 5.89 Å². The highest BCUT2D eigenvalue weighted by molar-refractivity contribution is 9.09. The molecule has 90 valence electrons. The number of sulfone groups is 1. The average Bonchev–Trinajstić information content (AvgIpc) is 2.83. The third kappa shape index (κ3) is 2.45. The molecule has 0 N–H and O–H groups in total. The van der Waals surface area contributed by atoms with Crippen molar-refractivity contribution in [3.05, 3.63) is 11.7 Å². The van der Waals surface area contributed by atoms with Gasteiger partial charge in [-0.05, 0) is 12.8 Å². The second-order valence-electron chi connectivity index (χ2n) is 3.97. The van der Waals surface area contributed by atoms with Gasteiger partial charge in [-0.2, -0.15) is 4.98 Å². The third-order valence-electron chi connectivity index (χ3n) is 2.68. The quantitative estimate of drug-likeness (QED) is 0.796. The van der Waals surface area contributed by atoms with E-state index in [1.54, 1.807) is 0 Å². The highest BCUT2D eigenvalue weighted by atomic mass is 79.9. The van der Waals surface area contributed by atoms with Crippen LogP contribution in [0.4, 0.5) is 0 Å². The van der Waals surface area contributed by atoms with Crippen molar-refractivity contribution in [1.82, 2.24) is 10.1 Å². The molecule has 2 unspecified atom stereocenters. The normalized spacial score (nSPS) is 25.8. The van der Waals surface area contributed by atoms with Crippen LogP contribution in [-0.4, -0.2) is 30.1 Å². The summed E-state index contributed by atoms with van der Waals surface area (Å²) in [6, 6.07) is 0. The summed E-state index contributed by atoms with van der Waals surface area (Å²) in [7, 11) is -2.89. The number of rotatable bonds is 3. The SMILES string of the molecule is CCC(Br)c1nc(C2CCS(=O)(=O)C2)no1. The van der Waals surface area contributed by atoms with Gasteiger partial charge in [-0.1, -0.05) is 28.0 Å². The van der Waals surface area contributed by atoms with Crippen LogP contribution in [0.15, 0.2) is 4.52 Å². The Morgan fingerprint density at radius 2 is 2.38 bits per heavy atom. The Kier molecular flexibility index (Phi) is 3.34. The van der Waals surface area contributed by atoms with E-state index in [1.165, 1.54) is 0 Å². The van der Waals surface area contributed by atoms with Gasteiger partial charge in [0.1, 0.15) is 0 Å². The Morgan fingerprint density at radius 3 is 2.94 bits per heavy atom. The predicted molar refractivity (Wildman–Crippen MR) is 62.3 cm³/mol. The minimum absolute atomic E-state index is 0.0479. The molecule has 5 nitrogen and oxygen atoms in total. The number of nitrogens with zero attached hydrogens (tertiary/aromatic N) is 2. The van der Waals surface area contributed by atoms with Crippen LogP contribution in [0.3, 0.4) is 0 Å². The van der Waals surface area contributed by atoms with Crippen molar-refractivity contribution < 1.29 is 12.9 Å². The van der Waals surface area contributed by atoms with E-state index in [9.17, 15) is 8.42 Å². The first kappa shape index (κ1) is 12.0. The second-order valence-corrected chi connectivity index (χ2v) is 7.30. The summed E-state index contributed by atoms with van der Waals surface area (Å²) in [4.78, 5) is 4.29. The van der Waals surface area contributed by atoms with E-state index in [-0.39, 0.29) is 22.3 Å². The van der Waals surface area contributed by atoms with Crippen molar-refractivity contribution in [3.8, 4) is 0 Å². The van der Waals surface area contributed by atoms with Gasteiger partial charge >= 0.3 is 0 Å². The third-order valence-corrected chi connectivity index (χ3v) is 5.49. The Hall–Kier alpha value is -0.430. The molecule has 7 heteroatoms. The van der Waals surface area contributed by atoms with Crippen LogP contribution in [0.25, 0.3) is 0 Å². The van der Waals surface area contributed by atoms with Crippen molar-refractivity contribution in [2.45, 2.75) is 30.5 Å². The molecule has 0 radical (unpaired) electrons. The van der Waals surface area contributed by atoms with Crippen LogP contribution >= 0.6 is 15.9 Å². The van der Waals surface area contributed by atoms with Crippen LogP contribution in [0.2, 0.25) is 0 Å². The molecule has 1 aliphatic heterocycles. The summed E-state index contributed by atoms with van der Waals surface area (Å²) < 4.78 is 27.7. The lowest BCUT2D eigenvalue weighted by Crippen LogP contribution is -2.05. The minimum atomic E-state index is -2.89. The second kappa shape index (κ2) is 4.44. The molecular weight excluding hydrogens is 296 g/mol. The van der Waals surface area contributed by atoms with Crippen LogP contribution < -0.4 is 0 Å². The van der Waals surface area contributed by atoms with Crippen molar-refractivity contribution in [2.24, 2.45) is 0 Å². The van der Waals surface area contributed by atoms with E-state index in [0.29, 0.717) is 18.1 Å². The van der Waals surface area contributed by atoms with Gasteiger partial charge in [-0.3, -0.25) is 0 Å². The fourth-order valence-electron chi connectivity index (χ4n) is 1.71. The number of aromatic nitrogens is 2. The van der Waals surface area contributed by atoms with Crippen LogP contribution in [0.1, 0.15) is 42.2 Å². The van der Waals surface area contributed by atoms with E-state index in [1.807, 2.05) is 6.92 Å². The lowest BCUT2D eigenvalue weighted by molar-refractivity contribution is 0.369. The molecule has 0 bridgehead atoms. The summed E-state index contributed by atoms with van der Waals surface area (Å²) in [5, 5.41) is 3.85. The zero-order valence-corrected chi connectivity index (χ0v) is 11.3. The maximum Gasteiger partial charge on any atom is 0.240 e. The molecule has 0 spiro atoms. The van der Waals surface area contributed by atoms with Gasteiger partial charge in [0.15, 0.2) is 15.7 Å². The highest BCUT2D eigenvalue weighted by Crippen LogP contribution is 2.30. The molecule has 0 aromatic carbocycles. The fraction of sp³-hybridized carbons (Fsp3) is 0.778. The van der Waals surface area contributed by atoms with Crippen LogP contribution in [-0.2, 0) is 9.84 Å². The smallest absolute Gasteiger partial charge is 0.240 e. The van der Waals surface area contributed by atoms with Crippen molar-refractivity contribution in [1.29, 1.82) is 0 Å². The van der Waals surface area contributed by atoms with Crippen molar-refractivity contribution in [3.63, 3.8) is 0 Å². The Balaban J connectivity index is 2.14. The van der Waals surface area contributed by atoms with E-state index < -0.39 is 9.84 Å². The van der Waals surface area contributed by atoms with E-state index in [2.05, 4.69) is 26.1 Å². The molecule has 1 aromatic heterocycles. The molecule has 0 aliphatic carbocycles. The maximum absolute atomic E-state index is 11.3. The van der Waals surface area contributed by atoms with Gasteiger partial charge in [-0.15, -0.1) is 0 Å². The van der Waals surface area contributed by atoms with Gasteiger partial charge in [0.25, 0.3) is 0 Å². The lowest BCUT2D eigenvalue weighted by atomic mass is 10.1. The lowest BCUT2D eigenvalue weighted by Gasteiger charge is -1.99. The summed E-state index contributed by atoms with van der Waals surface area (Å²) in [6.45, 7) is 2.00. The molecule has 0 amide bonds. The number of hydrogen-bond donors (Lipinski definition) is 0. The summed E-state index contributed by atoms with van der Waals surface area (Å²) in [5.41, 5.74) is 0. The molecule has 1 aromatic rings. The van der Waals surface area contributed by atoms with Crippen molar-refractivity contribution >= 4 is 25.8 Å². The maximum atomic E-state index is 11.3. The van der Waals surface area contributed by atoms with Crippen LogP contribution in [0.5, 0.6) is 0 Å². The molecular formula is C9H13BrN2O3S. The Labute approximate surface area is 103 Å². The van der Waals surface area contributed by atoms with E-state index >= 15 is 0 Å². The average molecular weight is 309 g/mol. The highest BCUT2D eigenvalue weighted by Gasteiger charge is 2.32. The largest absolute Gasteiger partial charge is 0.338 e. The number of alkyl halides is 1. The monoisotopic (exact) mass is 308 g/mol. The zero-order chi connectivity index (χ0) is 11.8. The Bertz CT molecular complexity index is 471. The number of hydrogen-bond acceptors (Lipinski definition) is 5. The molecule has 2 rings (SSSR count). The van der Waals surface area contributed by atoms with Gasteiger partial charge in [0, 0.05) is 5.92 Å². The van der Waals surface area contributed by atoms with Crippen molar-refractivity contribution in [2.75, 3.05) is 11.5 Å². The zero-order valence-electron chi connectivity index (χ0n) is 8.89. The standard InChI is InChI=1S/C9H13BrN2O3S/c1-2-7(10)9-11-8(12-15-9)6-3-4-16(13,14)5-6/h6-7H,2-5H2,1H3. The van der Waals surface area contributed by atoms with E-state index in [0.717, 1.165) is 6.42 Å². The molecule has 1 fully saturated rings. The summed E-state index contributed by atoms with van der Waals surface area (Å²) in [6.07, 6.45) is 1.45. The van der Waals surface area contributed by atoms with E-state index in [4.69, 9.17) is 4.52 Å². The fourth-order valence-corrected chi connectivity index (χ4v) is 3.64. The topological polar surface area (TPSA) is 73.1 Å². The summed E-state index contributed by atoms with van der Waals surface area (Å²) in [5.74, 6) is 1.33. The molecule has 1 aliphatic rings. The van der Waals surface area contributed by atoms with Gasteiger partial charge in [-0.25, -0.2) is 8.42 Å². The van der Waals surface area contributed by atoms with Crippen LogP contribution in [0, 0.1) is 0 Å². The molecule has 0 saturated carbocycles.